The predicted octanol–water partition coefficient (Wildman–Crippen LogP) is 2.41. The second kappa shape index (κ2) is 5.30. The van der Waals surface area contributed by atoms with Gasteiger partial charge in [0.1, 0.15) is 0 Å². The van der Waals surface area contributed by atoms with Crippen molar-refractivity contribution in [2.75, 3.05) is 6.61 Å². The first kappa shape index (κ1) is 15.8. The van der Waals surface area contributed by atoms with Gasteiger partial charge in [-0.3, -0.25) is 4.79 Å². The maximum atomic E-state index is 11.7. The molecule has 2 fully saturated rings. The lowest BCUT2D eigenvalue weighted by Gasteiger charge is -2.49. The predicted molar refractivity (Wildman–Crippen MR) is 76.1 cm³/mol. The van der Waals surface area contributed by atoms with E-state index in [4.69, 9.17) is 4.74 Å². The van der Waals surface area contributed by atoms with Crippen molar-refractivity contribution in [2.45, 2.75) is 76.9 Å². The molecule has 3 unspecified atom stereocenters. The van der Waals surface area contributed by atoms with E-state index in [2.05, 4.69) is 0 Å². The van der Waals surface area contributed by atoms with E-state index in [0.29, 0.717) is 18.8 Å². The summed E-state index contributed by atoms with van der Waals surface area (Å²) in [6, 6.07) is 0. The number of aliphatic hydroxyl groups is 2. The van der Waals surface area contributed by atoms with Crippen LogP contribution in [0, 0.1) is 11.3 Å². The molecule has 0 aromatic heterocycles. The van der Waals surface area contributed by atoms with E-state index in [1.54, 1.807) is 0 Å². The van der Waals surface area contributed by atoms with Crippen LogP contribution in [-0.4, -0.2) is 34.0 Å². The Kier molecular flexibility index (Phi) is 4.18. The smallest absolute Gasteiger partial charge is 0.311 e. The molecule has 3 atom stereocenters. The van der Waals surface area contributed by atoms with Gasteiger partial charge in [-0.05, 0) is 46.0 Å². The van der Waals surface area contributed by atoms with Crippen LogP contribution in [0.25, 0.3) is 0 Å². The maximum absolute atomic E-state index is 11.7. The highest BCUT2D eigenvalue weighted by Crippen LogP contribution is 2.48. The first-order chi connectivity index (χ1) is 9.12. The van der Waals surface area contributed by atoms with Gasteiger partial charge in [0, 0.05) is 12.8 Å². The summed E-state index contributed by atoms with van der Waals surface area (Å²) in [6.45, 7) is 5.68. The van der Waals surface area contributed by atoms with Gasteiger partial charge in [-0.15, -0.1) is 0 Å². The monoisotopic (exact) mass is 284 g/mol. The van der Waals surface area contributed by atoms with Gasteiger partial charge in [-0.25, -0.2) is 0 Å². The quantitative estimate of drug-likeness (QED) is 0.781. The van der Waals surface area contributed by atoms with E-state index in [1.165, 1.54) is 0 Å². The van der Waals surface area contributed by atoms with Gasteiger partial charge in [0.2, 0.25) is 0 Å². The number of fused-ring (bicyclic) bond motifs is 2. The normalized spacial score (nSPS) is 37.5. The number of ether oxygens (including phenoxy) is 1. The van der Waals surface area contributed by atoms with Crippen molar-refractivity contribution in [3.8, 4) is 0 Å². The number of carbonyl (C=O) groups is 1. The Labute approximate surface area is 121 Å². The fourth-order valence-corrected chi connectivity index (χ4v) is 3.76. The molecule has 116 valence electrons. The molecular formula is C16H28O4. The fraction of sp³-hybridized carbons (Fsp3) is 0.938. The third-order valence-electron chi connectivity index (χ3n) is 4.66. The molecule has 4 heteroatoms. The van der Waals surface area contributed by atoms with Crippen LogP contribution in [-0.2, 0) is 9.53 Å². The summed E-state index contributed by atoms with van der Waals surface area (Å²) in [6.07, 6.45) is 5.31. The summed E-state index contributed by atoms with van der Waals surface area (Å²) in [5.74, 6) is 0.168. The molecule has 0 spiro atoms. The lowest BCUT2D eigenvalue weighted by Crippen LogP contribution is -2.51. The summed E-state index contributed by atoms with van der Waals surface area (Å²) >= 11 is 0. The fourth-order valence-electron chi connectivity index (χ4n) is 3.76. The van der Waals surface area contributed by atoms with Gasteiger partial charge in [-0.1, -0.05) is 12.8 Å². The summed E-state index contributed by atoms with van der Waals surface area (Å²) in [5.41, 5.74) is -2.09. The lowest BCUT2D eigenvalue weighted by atomic mass is 9.63. The molecular weight excluding hydrogens is 256 g/mol. The van der Waals surface area contributed by atoms with Crippen LogP contribution < -0.4 is 0 Å². The molecule has 2 rings (SSSR count). The van der Waals surface area contributed by atoms with Crippen molar-refractivity contribution < 1.29 is 19.7 Å². The van der Waals surface area contributed by atoms with E-state index in [1.807, 2.05) is 20.8 Å². The molecule has 0 heterocycles. The van der Waals surface area contributed by atoms with Gasteiger partial charge < -0.3 is 14.9 Å². The molecule has 2 aliphatic rings. The average Bonchev–Trinajstić information content (AvgIpc) is 2.24. The first-order valence-corrected chi connectivity index (χ1v) is 7.74. The standard InChI is InChI=1S/C16H28O4/c1-14(2,3)13(17)20-8-7-16(19)10-12-5-4-6-15(18,9-12)11-16/h12,18-19H,4-11H2,1-3H3. The average molecular weight is 284 g/mol. The summed E-state index contributed by atoms with van der Waals surface area (Å²) in [4.78, 5) is 11.7. The summed E-state index contributed by atoms with van der Waals surface area (Å²) < 4.78 is 5.25. The Morgan fingerprint density at radius 3 is 2.60 bits per heavy atom. The lowest BCUT2D eigenvalue weighted by molar-refractivity contribution is -0.161. The molecule has 2 saturated carbocycles. The molecule has 2 bridgehead atoms. The van der Waals surface area contributed by atoms with Gasteiger partial charge in [0.25, 0.3) is 0 Å². The van der Waals surface area contributed by atoms with Crippen molar-refractivity contribution in [1.82, 2.24) is 0 Å². The third-order valence-corrected chi connectivity index (χ3v) is 4.66. The van der Waals surface area contributed by atoms with Crippen molar-refractivity contribution in [2.24, 2.45) is 11.3 Å². The van der Waals surface area contributed by atoms with E-state index in [-0.39, 0.29) is 12.6 Å². The van der Waals surface area contributed by atoms with Crippen molar-refractivity contribution in [3.63, 3.8) is 0 Å². The van der Waals surface area contributed by atoms with Crippen LogP contribution in [0.3, 0.4) is 0 Å². The number of hydrogen-bond acceptors (Lipinski definition) is 4. The molecule has 0 radical (unpaired) electrons. The Morgan fingerprint density at radius 1 is 1.30 bits per heavy atom. The number of hydrogen-bond donors (Lipinski definition) is 2. The van der Waals surface area contributed by atoms with E-state index in [0.717, 1.165) is 32.1 Å². The second-order valence-corrected chi connectivity index (χ2v) is 7.93. The van der Waals surface area contributed by atoms with Crippen molar-refractivity contribution >= 4 is 5.97 Å². The van der Waals surface area contributed by atoms with Gasteiger partial charge in [0.05, 0.1) is 23.2 Å². The Hall–Kier alpha value is -0.610. The Bertz CT molecular complexity index is 373. The maximum Gasteiger partial charge on any atom is 0.311 e. The summed E-state index contributed by atoms with van der Waals surface area (Å²) in [5, 5.41) is 21.2. The van der Waals surface area contributed by atoms with Crippen LogP contribution in [0.15, 0.2) is 0 Å². The van der Waals surface area contributed by atoms with Crippen LogP contribution in [0.2, 0.25) is 0 Å². The molecule has 20 heavy (non-hydrogen) atoms. The highest BCUT2D eigenvalue weighted by molar-refractivity contribution is 5.75. The molecule has 0 amide bonds. The van der Waals surface area contributed by atoms with E-state index >= 15 is 0 Å². The number of esters is 1. The Morgan fingerprint density at radius 2 is 2.00 bits per heavy atom. The van der Waals surface area contributed by atoms with Crippen LogP contribution in [0.4, 0.5) is 0 Å². The third kappa shape index (κ3) is 3.73. The van der Waals surface area contributed by atoms with Gasteiger partial charge in [0.15, 0.2) is 0 Å². The first-order valence-electron chi connectivity index (χ1n) is 7.74. The molecule has 2 aliphatic carbocycles. The van der Waals surface area contributed by atoms with Crippen LogP contribution >= 0.6 is 0 Å². The zero-order chi connectivity index (χ0) is 15.0. The topological polar surface area (TPSA) is 66.8 Å². The zero-order valence-electron chi connectivity index (χ0n) is 12.9. The zero-order valence-corrected chi connectivity index (χ0v) is 12.9. The van der Waals surface area contributed by atoms with Crippen LogP contribution in [0.5, 0.6) is 0 Å². The largest absolute Gasteiger partial charge is 0.465 e. The minimum atomic E-state index is -0.879. The minimum Gasteiger partial charge on any atom is -0.465 e. The van der Waals surface area contributed by atoms with Crippen molar-refractivity contribution in [1.29, 1.82) is 0 Å². The molecule has 0 aromatic carbocycles. The van der Waals surface area contributed by atoms with Gasteiger partial charge >= 0.3 is 5.97 Å². The number of rotatable bonds is 3. The molecule has 0 aromatic rings. The van der Waals surface area contributed by atoms with Crippen molar-refractivity contribution in [3.05, 3.63) is 0 Å². The summed E-state index contributed by atoms with van der Waals surface area (Å²) in [7, 11) is 0. The minimum absolute atomic E-state index is 0.232. The highest BCUT2D eigenvalue weighted by Gasteiger charge is 2.48. The van der Waals surface area contributed by atoms with E-state index in [9.17, 15) is 15.0 Å². The second-order valence-electron chi connectivity index (χ2n) is 7.93. The molecule has 0 saturated heterocycles. The van der Waals surface area contributed by atoms with Gasteiger partial charge in [-0.2, -0.15) is 0 Å². The molecule has 2 N–H and O–H groups in total. The van der Waals surface area contributed by atoms with E-state index < -0.39 is 16.6 Å². The molecule has 0 aliphatic heterocycles. The Balaban J connectivity index is 1.87. The SMILES string of the molecule is CC(C)(C)C(=O)OCCC1(O)CC2CCCC(O)(C2)C1. The number of carbonyl (C=O) groups excluding carboxylic acids is 1. The van der Waals surface area contributed by atoms with Crippen LogP contribution in [0.1, 0.15) is 65.7 Å². The molecule has 4 nitrogen and oxygen atoms in total. The highest BCUT2D eigenvalue weighted by atomic mass is 16.5.